The van der Waals surface area contributed by atoms with Gasteiger partial charge in [0.25, 0.3) is 5.91 Å². The summed E-state index contributed by atoms with van der Waals surface area (Å²) in [5, 5.41) is -0.0760. The molecular formula is C26H32FN3O4S. The molecule has 3 rings (SSSR count). The van der Waals surface area contributed by atoms with Crippen molar-refractivity contribution < 1.29 is 22.3 Å². The summed E-state index contributed by atoms with van der Waals surface area (Å²) in [6.07, 6.45) is 1.47. The Kier molecular flexibility index (Phi) is 8.80. The number of aromatic nitrogens is 2. The van der Waals surface area contributed by atoms with Crippen LogP contribution in [-0.4, -0.2) is 49.0 Å². The first kappa shape index (κ1) is 26.6. The minimum absolute atomic E-state index is 0.0247. The Morgan fingerprint density at radius 3 is 2.46 bits per heavy atom. The second kappa shape index (κ2) is 11.6. The van der Waals surface area contributed by atoms with E-state index >= 15 is 0 Å². The Morgan fingerprint density at radius 2 is 1.83 bits per heavy atom. The number of carbonyl (C=O) groups excluding carboxylic acids is 1. The van der Waals surface area contributed by atoms with Crippen molar-refractivity contribution in [3.8, 4) is 0 Å². The van der Waals surface area contributed by atoms with Crippen LogP contribution in [0.15, 0.2) is 59.9 Å². The first-order valence-electron chi connectivity index (χ1n) is 11.5. The smallest absolute Gasteiger partial charge is 0.257 e. The second-order valence-electron chi connectivity index (χ2n) is 8.98. The number of carbonyl (C=O) groups is 1. The number of hydrogen-bond acceptors (Lipinski definition) is 5. The van der Waals surface area contributed by atoms with Gasteiger partial charge < -0.3 is 14.2 Å². The summed E-state index contributed by atoms with van der Waals surface area (Å²) in [4.78, 5) is 19.0. The van der Waals surface area contributed by atoms with Crippen molar-refractivity contribution in [3.63, 3.8) is 0 Å². The van der Waals surface area contributed by atoms with E-state index in [0.29, 0.717) is 17.8 Å². The first-order chi connectivity index (χ1) is 16.6. The van der Waals surface area contributed by atoms with Crippen LogP contribution >= 0.6 is 0 Å². The van der Waals surface area contributed by atoms with Crippen molar-refractivity contribution in [3.05, 3.63) is 82.9 Å². The third-order valence-electron chi connectivity index (χ3n) is 5.51. The van der Waals surface area contributed by atoms with E-state index < -0.39 is 21.6 Å². The molecule has 0 spiro atoms. The lowest BCUT2D eigenvalue weighted by atomic mass is 10.1. The summed E-state index contributed by atoms with van der Waals surface area (Å²) in [5.41, 5.74) is 2.22. The third-order valence-corrected chi connectivity index (χ3v) is 7.10. The van der Waals surface area contributed by atoms with Gasteiger partial charge in [-0.25, -0.2) is 17.8 Å². The Hall–Kier alpha value is -3.04. The molecule has 2 aromatic carbocycles. The lowest BCUT2D eigenvalue weighted by Gasteiger charge is -2.25. The van der Waals surface area contributed by atoms with Gasteiger partial charge in [-0.05, 0) is 30.5 Å². The monoisotopic (exact) mass is 501 g/mol. The zero-order chi connectivity index (χ0) is 25.6. The molecule has 0 bridgehead atoms. The zero-order valence-corrected chi connectivity index (χ0v) is 21.4. The van der Waals surface area contributed by atoms with Gasteiger partial charge in [0.05, 0.1) is 36.4 Å². The molecule has 0 unspecified atom stereocenters. The van der Waals surface area contributed by atoms with Gasteiger partial charge in [0, 0.05) is 20.2 Å². The number of halogens is 1. The largest absolute Gasteiger partial charge is 0.383 e. The highest BCUT2D eigenvalue weighted by Gasteiger charge is 2.27. The summed E-state index contributed by atoms with van der Waals surface area (Å²) in [6, 6.07) is 13.1. The van der Waals surface area contributed by atoms with E-state index in [4.69, 9.17) is 4.74 Å². The molecule has 7 nitrogen and oxygen atoms in total. The molecule has 0 aliphatic heterocycles. The Balaban J connectivity index is 1.96. The van der Waals surface area contributed by atoms with E-state index in [1.807, 2.05) is 32.9 Å². The van der Waals surface area contributed by atoms with Crippen molar-refractivity contribution in [1.82, 2.24) is 14.5 Å². The maximum Gasteiger partial charge on any atom is 0.257 e. The lowest BCUT2D eigenvalue weighted by molar-refractivity contribution is 0.0712. The second-order valence-corrected chi connectivity index (χ2v) is 10.9. The number of methoxy groups -OCH3 is 1. The molecule has 0 atom stereocenters. The molecule has 188 valence electrons. The summed E-state index contributed by atoms with van der Waals surface area (Å²) >= 11 is 0. The fourth-order valence-corrected chi connectivity index (χ4v) is 5.34. The molecule has 0 fully saturated rings. The predicted molar refractivity (Wildman–Crippen MR) is 132 cm³/mol. The SMILES string of the molecule is COCCn1c(CN(CC(C)C)C(=O)c2ccccc2F)cnc1S(=O)(=O)Cc1ccc(C)cc1. The average molecular weight is 502 g/mol. The molecule has 0 saturated heterocycles. The molecule has 0 radical (unpaired) electrons. The van der Waals surface area contributed by atoms with Gasteiger partial charge in [0.15, 0.2) is 0 Å². The number of aryl methyl sites for hydroxylation is 1. The zero-order valence-electron chi connectivity index (χ0n) is 20.6. The maximum atomic E-state index is 14.4. The molecule has 9 heteroatoms. The fourth-order valence-electron chi connectivity index (χ4n) is 3.82. The molecule has 0 saturated carbocycles. The van der Waals surface area contributed by atoms with Gasteiger partial charge in [0.1, 0.15) is 5.82 Å². The van der Waals surface area contributed by atoms with Crippen LogP contribution in [0.1, 0.15) is 41.0 Å². The van der Waals surface area contributed by atoms with Crippen molar-refractivity contribution >= 4 is 15.7 Å². The summed E-state index contributed by atoms with van der Waals surface area (Å²) < 4.78 is 47.7. The Morgan fingerprint density at radius 1 is 1.14 bits per heavy atom. The summed E-state index contributed by atoms with van der Waals surface area (Å²) in [5.74, 6) is -1.13. The molecule has 1 heterocycles. The number of imidazole rings is 1. The van der Waals surface area contributed by atoms with Crippen LogP contribution in [0.25, 0.3) is 0 Å². The highest BCUT2D eigenvalue weighted by molar-refractivity contribution is 7.90. The number of ether oxygens (including phenoxy) is 1. The van der Waals surface area contributed by atoms with E-state index in [2.05, 4.69) is 4.98 Å². The molecule has 35 heavy (non-hydrogen) atoms. The highest BCUT2D eigenvalue weighted by Crippen LogP contribution is 2.21. The summed E-state index contributed by atoms with van der Waals surface area (Å²) in [7, 11) is -2.24. The van der Waals surface area contributed by atoms with Crippen molar-refractivity contribution in [2.45, 2.75) is 44.8 Å². The molecule has 0 aliphatic rings. The van der Waals surface area contributed by atoms with Gasteiger partial charge in [-0.3, -0.25) is 4.79 Å². The number of nitrogens with zero attached hydrogens (tertiary/aromatic N) is 3. The van der Waals surface area contributed by atoms with Crippen LogP contribution in [0.3, 0.4) is 0 Å². The Bertz CT molecular complexity index is 1250. The minimum atomic E-state index is -3.77. The van der Waals surface area contributed by atoms with Crippen LogP contribution in [0.2, 0.25) is 0 Å². The van der Waals surface area contributed by atoms with Gasteiger partial charge in [-0.1, -0.05) is 55.8 Å². The van der Waals surface area contributed by atoms with E-state index in [1.54, 1.807) is 22.8 Å². The van der Waals surface area contributed by atoms with E-state index in [0.717, 1.165) is 5.56 Å². The van der Waals surface area contributed by atoms with Crippen LogP contribution in [-0.2, 0) is 33.4 Å². The minimum Gasteiger partial charge on any atom is -0.383 e. The standard InChI is InChI=1S/C26H32FN3O4S/c1-19(2)16-29(25(31)23-7-5-6-8-24(23)27)17-22-15-28-26(30(22)13-14-34-4)35(32,33)18-21-11-9-20(3)10-12-21/h5-12,15,19H,13-14,16-18H2,1-4H3. The van der Waals surface area contributed by atoms with Crippen LogP contribution in [0.4, 0.5) is 4.39 Å². The van der Waals surface area contributed by atoms with Crippen molar-refractivity contribution in [2.24, 2.45) is 5.92 Å². The first-order valence-corrected chi connectivity index (χ1v) is 13.1. The van der Waals surface area contributed by atoms with Crippen LogP contribution < -0.4 is 0 Å². The lowest BCUT2D eigenvalue weighted by Crippen LogP contribution is -2.35. The number of benzene rings is 2. The maximum absolute atomic E-state index is 14.4. The molecule has 0 N–H and O–H groups in total. The average Bonchev–Trinajstić information content (AvgIpc) is 3.21. The summed E-state index contributed by atoms with van der Waals surface area (Å²) in [6.45, 7) is 6.83. The van der Waals surface area contributed by atoms with E-state index in [-0.39, 0.29) is 42.1 Å². The van der Waals surface area contributed by atoms with Gasteiger partial charge in [0.2, 0.25) is 15.0 Å². The van der Waals surface area contributed by atoms with E-state index in [9.17, 15) is 17.6 Å². The molecular weight excluding hydrogens is 469 g/mol. The van der Waals surface area contributed by atoms with Crippen molar-refractivity contribution in [2.75, 3.05) is 20.3 Å². The number of hydrogen-bond donors (Lipinski definition) is 0. The van der Waals surface area contributed by atoms with Gasteiger partial charge in [-0.2, -0.15) is 0 Å². The fraction of sp³-hybridized carbons (Fsp3) is 0.385. The van der Waals surface area contributed by atoms with Crippen molar-refractivity contribution in [1.29, 1.82) is 0 Å². The van der Waals surface area contributed by atoms with Crippen LogP contribution in [0, 0.1) is 18.7 Å². The predicted octanol–water partition coefficient (Wildman–Crippen LogP) is 4.25. The number of sulfone groups is 1. The Labute approximate surface area is 206 Å². The topological polar surface area (TPSA) is 81.5 Å². The number of amides is 1. The quantitative estimate of drug-likeness (QED) is 0.392. The molecule has 1 aromatic heterocycles. The number of rotatable bonds is 11. The van der Waals surface area contributed by atoms with E-state index in [1.165, 1.54) is 36.4 Å². The molecule has 3 aromatic rings. The molecule has 1 amide bonds. The highest BCUT2D eigenvalue weighted by atomic mass is 32.2. The van der Waals surface area contributed by atoms with Crippen LogP contribution in [0.5, 0.6) is 0 Å². The van der Waals surface area contributed by atoms with Gasteiger partial charge >= 0.3 is 0 Å². The molecule has 0 aliphatic carbocycles. The van der Waals surface area contributed by atoms with Gasteiger partial charge in [-0.15, -0.1) is 0 Å². The third kappa shape index (κ3) is 6.76. The normalized spacial score (nSPS) is 11.7.